The van der Waals surface area contributed by atoms with E-state index in [0.29, 0.717) is 0 Å². The maximum atomic E-state index is 12.3. The number of nitrogen functional groups attached to an aromatic ring is 1. The van der Waals surface area contributed by atoms with Gasteiger partial charge in [-0.2, -0.15) is 4.31 Å². The number of hydrogen-bond donors (Lipinski definition) is 2. The van der Waals surface area contributed by atoms with Gasteiger partial charge < -0.3 is 16.2 Å². The molecule has 1 rings (SSSR count). The van der Waals surface area contributed by atoms with Crippen molar-refractivity contribution in [1.29, 1.82) is 0 Å². The Morgan fingerprint density at radius 2 is 1.95 bits per heavy atom. The van der Waals surface area contributed by atoms with Crippen LogP contribution in [0.2, 0.25) is 0 Å². The number of benzene rings is 1. The molecule has 0 fully saturated rings. The minimum absolute atomic E-state index is 0.0968. The summed E-state index contributed by atoms with van der Waals surface area (Å²) in [5, 5.41) is 0. The lowest BCUT2D eigenvalue weighted by molar-refractivity contribution is -0.143. The Bertz CT molecular complexity index is 657. The molecule has 8 nitrogen and oxygen atoms in total. The lowest BCUT2D eigenvalue weighted by Crippen LogP contribution is -2.33. The number of ether oxygens (including phenoxy) is 1. The van der Waals surface area contributed by atoms with E-state index in [1.54, 1.807) is 6.92 Å². The first-order chi connectivity index (χ1) is 9.70. The van der Waals surface area contributed by atoms with Crippen LogP contribution in [0.5, 0.6) is 0 Å². The molecule has 0 aromatic heterocycles. The highest BCUT2D eigenvalue weighted by atomic mass is 32.2. The van der Waals surface area contributed by atoms with Crippen LogP contribution < -0.4 is 11.5 Å². The summed E-state index contributed by atoms with van der Waals surface area (Å²) in [6.07, 6.45) is 0. The number of nitrogens with two attached hydrogens (primary N) is 2. The molecule has 0 unspecified atom stereocenters. The molecule has 116 valence electrons. The number of likely N-dealkylation sites (N-methyl/N-ethyl adjacent to an activating group) is 1. The highest BCUT2D eigenvalue weighted by molar-refractivity contribution is 7.89. The number of amides is 1. The number of primary amides is 1. The van der Waals surface area contributed by atoms with Gasteiger partial charge in [-0.1, -0.05) is 0 Å². The molecule has 0 saturated carbocycles. The molecule has 1 aromatic rings. The van der Waals surface area contributed by atoms with E-state index in [2.05, 4.69) is 4.74 Å². The van der Waals surface area contributed by atoms with Crippen molar-refractivity contribution >= 4 is 27.6 Å². The zero-order chi connectivity index (χ0) is 16.2. The number of carbonyl (C=O) groups is 2. The largest absolute Gasteiger partial charge is 0.465 e. The summed E-state index contributed by atoms with van der Waals surface area (Å²) in [6.45, 7) is 1.34. The number of sulfonamides is 1. The first-order valence-corrected chi connectivity index (χ1v) is 7.45. The van der Waals surface area contributed by atoms with Crippen molar-refractivity contribution in [3.05, 3.63) is 23.8 Å². The maximum Gasteiger partial charge on any atom is 0.321 e. The average Bonchev–Trinajstić information content (AvgIpc) is 2.38. The second kappa shape index (κ2) is 6.55. The van der Waals surface area contributed by atoms with Crippen molar-refractivity contribution in [1.82, 2.24) is 4.31 Å². The van der Waals surface area contributed by atoms with Gasteiger partial charge in [-0.25, -0.2) is 8.42 Å². The van der Waals surface area contributed by atoms with Crippen LogP contribution >= 0.6 is 0 Å². The molecular formula is C12H17N3O5S. The van der Waals surface area contributed by atoms with Gasteiger partial charge in [-0.15, -0.1) is 0 Å². The van der Waals surface area contributed by atoms with Gasteiger partial charge in [-0.3, -0.25) is 9.59 Å². The zero-order valence-corrected chi connectivity index (χ0v) is 12.5. The van der Waals surface area contributed by atoms with E-state index in [-0.39, 0.29) is 22.8 Å². The summed E-state index contributed by atoms with van der Waals surface area (Å²) in [4.78, 5) is 22.1. The van der Waals surface area contributed by atoms with E-state index in [4.69, 9.17) is 11.5 Å². The number of hydrogen-bond acceptors (Lipinski definition) is 6. The van der Waals surface area contributed by atoms with Crippen LogP contribution in [0, 0.1) is 0 Å². The van der Waals surface area contributed by atoms with Gasteiger partial charge in [0.15, 0.2) is 0 Å². The molecule has 0 spiro atoms. The average molecular weight is 315 g/mol. The van der Waals surface area contributed by atoms with E-state index in [1.807, 2.05) is 0 Å². The van der Waals surface area contributed by atoms with Crippen LogP contribution in [-0.4, -0.2) is 44.8 Å². The summed E-state index contributed by atoms with van der Waals surface area (Å²) in [5.74, 6) is -1.39. The summed E-state index contributed by atoms with van der Waals surface area (Å²) < 4.78 is 30.1. The molecule has 21 heavy (non-hydrogen) atoms. The molecule has 0 heterocycles. The van der Waals surface area contributed by atoms with Gasteiger partial charge in [0, 0.05) is 12.6 Å². The normalized spacial score (nSPS) is 11.4. The number of rotatable bonds is 6. The lowest BCUT2D eigenvalue weighted by atomic mass is 10.2. The fourth-order valence-corrected chi connectivity index (χ4v) is 2.79. The number of carbonyl (C=O) groups excluding carboxylic acids is 2. The standard InChI is InChI=1S/C12H17N3O5S/c1-3-20-11(16)7-15(2)21(18,19)10-5-4-8(12(14)17)6-9(10)13/h4-6H,3,7,13H2,1-2H3,(H2,14,17). The van der Waals surface area contributed by atoms with Crippen LogP contribution in [0.1, 0.15) is 17.3 Å². The highest BCUT2D eigenvalue weighted by Gasteiger charge is 2.26. The van der Waals surface area contributed by atoms with Crippen molar-refractivity contribution in [2.75, 3.05) is 25.9 Å². The second-order valence-electron chi connectivity index (χ2n) is 4.18. The first kappa shape index (κ1) is 16.9. The highest BCUT2D eigenvalue weighted by Crippen LogP contribution is 2.22. The van der Waals surface area contributed by atoms with Crippen molar-refractivity contribution in [2.45, 2.75) is 11.8 Å². The van der Waals surface area contributed by atoms with Gasteiger partial charge in [0.1, 0.15) is 11.4 Å². The first-order valence-electron chi connectivity index (χ1n) is 6.01. The summed E-state index contributed by atoms with van der Waals surface area (Å²) in [7, 11) is -2.74. The molecule has 0 radical (unpaired) electrons. The predicted octanol–water partition coefficient (Wildman–Crippen LogP) is -0.449. The third-order valence-electron chi connectivity index (χ3n) is 2.64. The van der Waals surface area contributed by atoms with E-state index in [9.17, 15) is 18.0 Å². The summed E-state index contributed by atoms with van der Waals surface area (Å²) >= 11 is 0. The van der Waals surface area contributed by atoms with E-state index in [0.717, 1.165) is 4.31 Å². The van der Waals surface area contributed by atoms with Crippen LogP contribution in [0.25, 0.3) is 0 Å². The molecule has 1 aromatic carbocycles. The Balaban J connectivity index is 3.07. The van der Waals surface area contributed by atoms with E-state index < -0.39 is 28.4 Å². The molecule has 0 saturated heterocycles. The molecule has 0 aliphatic heterocycles. The van der Waals surface area contributed by atoms with Crippen molar-refractivity contribution in [3.63, 3.8) is 0 Å². The topological polar surface area (TPSA) is 133 Å². The molecule has 1 amide bonds. The quantitative estimate of drug-likeness (QED) is 0.539. The lowest BCUT2D eigenvalue weighted by Gasteiger charge is -2.17. The minimum atomic E-state index is -3.97. The maximum absolute atomic E-state index is 12.3. The van der Waals surface area contributed by atoms with Gasteiger partial charge in [0.25, 0.3) is 0 Å². The van der Waals surface area contributed by atoms with E-state index >= 15 is 0 Å². The van der Waals surface area contributed by atoms with Gasteiger partial charge >= 0.3 is 5.97 Å². The summed E-state index contributed by atoms with van der Waals surface area (Å²) in [5.41, 5.74) is 10.7. The smallest absolute Gasteiger partial charge is 0.321 e. The monoisotopic (exact) mass is 315 g/mol. The second-order valence-corrected chi connectivity index (χ2v) is 6.20. The third-order valence-corrected chi connectivity index (χ3v) is 4.52. The Hall–Kier alpha value is -2.13. The number of esters is 1. The molecule has 0 bridgehead atoms. The SMILES string of the molecule is CCOC(=O)CN(C)S(=O)(=O)c1ccc(C(N)=O)cc1N. The molecule has 0 atom stereocenters. The fourth-order valence-electron chi connectivity index (χ4n) is 1.58. The van der Waals surface area contributed by atoms with Crippen molar-refractivity contribution < 1.29 is 22.7 Å². The number of nitrogens with zero attached hydrogens (tertiary/aromatic N) is 1. The molecular weight excluding hydrogens is 298 g/mol. The molecule has 0 aliphatic rings. The Labute approximate surface area is 122 Å². The molecule has 0 aliphatic carbocycles. The molecule has 9 heteroatoms. The third kappa shape index (κ3) is 3.92. The predicted molar refractivity (Wildman–Crippen MR) is 75.8 cm³/mol. The number of anilines is 1. The van der Waals surface area contributed by atoms with Crippen LogP contribution in [0.4, 0.5) is 5.69 Å². The Kier molecular flexibility index (Phi) is 5.28. The van der Waals surface area contributed by atoms with Crippen LogP contribution in [0.15, 0.2) is 23.1 Å². The van der Waals surface area contributed by atoms with Crippen molar-refractivity contribution in [3.8, 4) is 0 Å². The Morgan fingerprint density at radius 3 is 2.43 bits per heavy atom. The van der Waals surface area contributed by atoms with Crippen molar-refractivity contribution in [2.24, 2.45) is 5.73 Å². The fraction of sp³-hybridized carbons (Fsp3) is 0.333. The van der Waals surface area contributed by atoms with Gasteiger partial charge in [-0.05, 0) is 25.1 Å². The zero-order valence-electron chi connectivity index (χ0n) is 11.7. The van der Waals surface area contributed by atoms with Crippen LogP contribution in [-0.2, 0) is 19.6 Å². The van der Waals surface area contributed by atoms with Crippen LogP contribution in [0.3, 0.4) is 0 Å². The van der Waals surface area contributed by atoms with Gasteiger partial charge in [0.2, 0.25) is 15.9 Å². The van der Waals surface area contributed by atoms with E-state index in [1.165, 1.54) is 25.2 Å². The summed E-state index contributed by atoms with van der Waals surface area (Å²) in [6, 6.07) is 3.60. The molecule has 4 N–H and O–H groups in total. The minimum Gasteiger partial charge on any atom is -0.465 e. The Morgan fingerprint density at radius 1 is 1.33 bits per heavy atom. The van der Waals surface area contributed by atoms with Gasteiger partial charge in [0.05, 0.1) is 12.3 Å².